The summed E-state index contributed by atoms with van der Waals surface area (Å²) >= 11 is 4.80. The van der Waals surface area contributed by atoms with Crippen LogP contribution >= 0.6 is 34.0 Å². The Hall–Kier alpha value is -13.6. The number of amides is 8. The number of rotatable bonds is 31. The number of aliphatic hydroxyl groups excluding tert-OH is 4. The van der Waals surface area contributed by atoms with E-state index in [9.17, 15) is 78.3 Å². The molecule has 0 saturated carbocycles. The molecule has 13 atom stereocenters. The van der Waals surface area contributed by atoms with E-state index in [4.69, 9.17) is 9.05 Å². The molecular formula is C115H129N13O18S3. The van der Waals surface area contributed by atoms with E-state index in [0.29, 0.717) is 73.5 Å². The zero-order valence-electron chi connectivity index (χ0n) is 86.0. The summed E-state index contributed by atoms with van der Waals surface area (Å²) in [7, 11) is 0. The number of aryl methyl sites for hydroxylation is 7. The summed E-state index contributed by atoms with van der Waals surface area (Å²) < 4.78 is 10.3. The van der Waals surface area contributed by atoms with Gasteiger partial charge in [-0.25, -0.2) is 15.0 Å². The molecule has 34 heteroatoms. The van der Waals surface area contributed by atoms with E-state index in [1.165, 1.54) is 14.7 Å². The van der Waals surface area contributed by atoms with Gasteiger partial charge < -0.3 is 74.2 Å². The monoisotopic (exact) mass is 2080 g/mol. The van der Waals surface area contributed by atoms with Crippen molar-refractivity contribution in [3.63, 3.8) is 0 Å². The van der Waals surface area contributed by atoms with Gasteiger partial charge in [-0.2, -0.15) is 0 Å². The molecule has 780 valence electrons. The first-order valence-corrected chi connectivity index (χ1v) is 53.5. The number of nitrogens with zero attached hydrogens (tertiary/aromatic N) is 12. The Labute approximate surface area is 878 Å². The molecule has 19 rings (SSSR count). The molecule has 0 aliphatic carbocycles. The molecular weight excluding hydrogens is 1950 g/mol. The fourth-order valence-corrected chi connectivity index (χ4v) is 23.9. The van der Waals surface area contributed by atoms with E-state index in [2.05, 4.69) is 54.8 Å². The number of carbonyl (C=O) groups is 11. The Bertz CT molecular complexity index is 6750. The van der Waals surface area contributed by atoms with Crippen LogP contribution in [0.3, 0.4) is 0 Å². The van der Waals surface area contributed by atoms with Crippen molar-refractivity contribution in [2.45, 2.75) is 252 Å². The van der Waals surface area contributed by atoms with Gasteiger partial charge in [0.25, 0.3) is 17.7 Å². The maximum Gasteiger partial charge on any atom is 0.255 e. The molecule has 0 spiro atoms. The highest BCUT2D eigenvalue weighted by molar-refractivity contribution is 7.14. The molecule has 0 unspecified atom stereocenters. The van der Waals surface area contributed by atoms with Gasteiger partial charge in [0.15, 0.2) is 17.3 Å². The molecule has 12 heterocycles. The van der Waals surface area contributed by atoms with Crippen LogP contribution in [0.15, 0.2) is 214 Å². The van der Waals surface area contributed by atoms with Crippen LogP contribution in [-0.4, -0.2) is 248 Å². The Kier molecular flexibility index (Phi) is 34.2. The van der Waals surface area contributed by atoms with E-state index in [1.807, 2.05) is 221 Å². The molecule has 8 amide bonds. The number of Topliss-reactive ketones (excluding diaryl/α,β-unsaturated/α-hetero) is 3. The normalized spacial score (nSPS) is 20.5. The molecule has 12 aromatic rings. The van der Waals surface area contributed by atoms with Gasteiger partial charge in [-0.05, 0) is 157 Å². The lowest BCUT2D eigenvalue weighted by Crippen LogP contribution is -2.55. The molecule has 31 nitrogen and oxygen atoms in total. The van der Waals surface area contributed by atoms with Crippen LogP contribution in [0.1, 0.15) is 205 Å². The number of aromatic nitrogens is 5. The van der Waals surface area contributed by atoms with E-state index in [0.717, 1.165) is 98.5 Å². The molecule has 7 aliphatic heterocycles. The van der Waals surface area contributed by atoms with E-state index in [1.54, 1.807) is 103 Å². The summed E-state index contributed by atoms with van der Waals surface area (Å²) in [5.41, 5.74) is 21.5. The number of fused-ring (bicyclic) bond motifs is 3. The predicted octanol–water partition coefficient (Wildman–Crippen LogP) is 14.8. The number of β-amino-alcohol motifs (C(OH)–C–C–N with tert-alkyl or cyclic N) is 4. The minimum absolute atomic E-state index is 0.0245. The fourth-order valence-electron chi connectivity index (χ4n) is 21.4. The maximum absolute atomic E-state index is 14.0. The molecule has 5 aromatic heterocycles. The number of aliphatic hydroxyl groups is 5. The Morgan fingerprint density at radius 3 is 1.23 bits per heavy atom. The third-order valence-electron chi connectivity index (χ3n) is 29.2. The summed E-state index contributed by atoms with van der Waals surface area (Å²) in [6.45, 7) is 26.1. The second-order valence-corrected chi connectivity index (χ2v) is 44.1. The van der Waals surface area contributed by atoms with Crippen molar-refractivity contribution in [3.05, 3.63) is 289 Å². The van der Waals surface area contributed by atoms with E-state index >= 15 is 0 Å². The number of nitrogens with one attached hydrogen (secondary N) is 1. The number of thiazole rings is 3. The number of hydrogen-bond donors (Lipinski definition) is 6. The highest BCUT2D eigenvalue weighted by Crippen LogP contribution is 2.41. The van der Waals surface area contributed by atoms with Crippen LogP contribution < -0.4 is 5.32 Å². The summed E-state index contributed by atoms with van der Waals surface area (Å²) in [6.07, 6.45) is 1.97. The molecule has 4 saturated heterocycles. The van der Waals surface area contributed by atoms with Crippen LogP contribution in [0.2, 0.25) is 0 Å². The Morgan fingerprint density at radius 1 is 0.450 bits per heavy atom. The quantitative estimate of drug-likeness (QED) is 0.0235. The topological polar surface area (TPSA) is 414 Å². The van der Waals surface area contributed by atoms with Crippen molar-refractivity contribution in [1.82, 2.24) is 64.9 Å². The first-order valence-electron chi connectivity index (χ1n) is 50.9. The van der Waals surface area contributed by atoms with Gasteiger partial charge in [0.05, 0.1) is 109 Å². The van der Waals surface area contributed by atoms with Crippen LogP contribution in [0.5, 0.6) is 0 Å². The standard InChI is InChI=1S/C31H35N3O4S.C30H33N3O5S.C28H30N4O5.C26H31N3O4S/c1-19(2)27(33-16-23-7-5-6-8-24(23)29(33)36)30(37)34-17-31(4,38)15-25(34)26(35)14-11-21-9-12-22(13-10-21)28-20(3)32-18-39-28;1-17(2)25(32-14-21-6-4-5-7-22(21)29(32)37)30(38)33-15-24(35)27(36)26(33)23(34)13-10-19-8-11-20(12-9-19)28-18(3)31-16-39-28;1-17(2)25(32-14-20-5-3-4-6-23(20)27(32)35)28(36)31-15-22(33)11-24(31)26(34)29-12-18-7-9-19(10-8-18)21-13-30-37-16-21;1-15(2)24(23-11-16(3)28-33-23)26(32)29-13-20(30)12-21(29)22(31)10-7-18-5-8-19(9-6-18)25-17(4)27-14-34-25/h5-10,12-13,18-19,25,27,38H,11,14-17H2,1-4H3;4-9,11-12,16-17,24-27,35-36H,10,13-15H2,1-3H3;3-10,13,16-17,22,24-25,33H,11-12,14-15H2,1-2H3,(H,29,34);5-6,8-9,11,14-15,20-21,24,30H,7,10,12-13H2,1-4H3/t25-,27-,31+;24-,25-,26+,27-;22-,24+,25+;20-,21+,24+/m0011/s1. The van der Waals surface area contributed by atoms with Gasteiger partial charge in [0.2, 0.25) is 29.5 Å². The third-order valence-corrected chi connectivity index (χ3v) is 32.1. The SMILES string of the molecule is CC(C)[C@@H](C(=O)N1C[C@H](O)C[C@H]1C(=O)NCc1ccc(-c2cnoc2)cc1)N1Cc2ccccc2C1=O.Cc1cc([C@@H](C(=O)N2C[C@H](O)C[C@H]2C(=O)CCc2ccc(-c3scnc3C)cc2)C(C)C)on1.Cc1ncsc1-c1ccc(CCC(=O)[C@@H]2C[C@@](C)(O)CN2C(=O)[C@H](C(C)C)N2Cc3ccccc3C2=O)cc1.Cc1ncsc1-c1ccc(CCC(=O)[C@@H]2[C@@H](O)[C@@H](O)CN2C(=O)[C@H](C(C)C)N2Cc3ccccc3C2=O)cc1. The van der Waals surface area contributed by atoms with E-state index in [-0.39, 0.29) is 147 Å². The van der Waals surface area contributed by atoms with Crippen LogP contribution in [0.4, 0.5) is 0 Å². The number of ketones is 3. The first kappa shape index (κ1) is 108. The molecule has 4 fully saturated rings. The van der Waals surface area contributed by atoms with Crippen molar-refractivity contribution < 1.29 is 87.3 Å². The van der Waals surface area contributed by atoms with Crippen LogP contribution in [0, 0.1) is 51.4 Å². The second-order valence-electron chi connectivity index (χ2n) is 41.5. The molecule has 149 heavy (non-hydrogen) atoms. The molecule has 6 N–H and O–H groups in total. The minimum Gasteiger partial charge on any atom is -0.391 e. The van der Waals surface area contributed by atoms with E-state index < -0.39 is 84.1 Å². The molecule has 7 aromatic carbocycles. The summed E-state index contributed by atoms with van der Waals surface area (Å²) in [4.78, 5) is 175. The second kappa shape index (κ2) is 47.1. The first-order chi connectivity index (χ1) is 71.3. The van der Waals surface area contributed by atoms with Crippen molar-refractivity contribution >= 4 is 98.6 Å². The van der Waals surface area contributed by atoms with Crippen molar-refractivity contribution in [2.75, 3.05) is 26.2 Å². The van der Waals surface area contributed by atoms with Gasteiger partial charge in [0, 0.05) is 106 Å². The van der Waals surface area contributed by atoms with Gasteiger partial charge in [-0.15, -0.1) is 34.0 Å². The minimum atomic E-state index is -1.38. The van der Waals surface area contributed by atoms with Gasteiger partial charge in [0.1, 0.15) is 54.3 Å². The molecule has 0 bridgehead atoms. The smallest absolute Gasteiger partial charge is 0.255 e. The lowest BCUT2D eigenvalue weighted by atomic mass is 9.91. The van der Waals surface area contributed by atoms with Crippen LogP contribution in [0.25, 0.3) is 42.4 Å². The fraction of sp³-hybridized carbons (Fsp3) is 0.409. The predicted molar refractivity (Wildman–Crippen MR) is 565 cm³/mol. The molecule has 0 radical (unpaired) electrons. The highest BCUT2D eigenvalue weighted by Gasteiger charge is 2.54. The Morgan fingerprint density at radius 2 is 0.839 bits per heavy atom. The van der Waals surface area contributed by atoms with Crippen molar-refractivity contribution in [1.29, 1.82) is 0 Å². The number of carbonyl (C=O) groups excluding carboxylic acids is 11. The third kappa shape index (κ3) is 24.3. The lowest BCUT2D eigenvalue weighted by molar-refractivity contribution is -0.144. The highest BCUT2D eigenvalue weighted by atomic mass is 32.1. The average molecular weight is 2080 g/mol. The summed E-state index contributed by atoms with van der Waals surface area (Å²) in [5.74, 6) is -3.13. The Balaban J connectivity index is 0.000000142. The summed E-state index contributed by atoms with van der Waals surface area (Å²) in [6, 6.07) is 50.2. The van der Waals surface area contributed by atoms with Gasteiger partial charge >= 0.3 is 0 Å². The van der Waals surface area contributed by atoms with Crippen LogP contribution in [-0.2, 0) is 83.8 Å². The van der Waals surface area contributed by atoms with Gasteiger partial charge in [-0.3, -0.25) is 52.7 Å². The van der Waals surface area contributed by atoms with Gasteiger partial charge in [-0.1, -0.05) is 217 Å². The number of likely N-dealkylation sites (tertiary alicyclic amines) is 4. The number of hydrogen-bond acceptors (Lipinski definition) is 26. The maximum atomic E-state index is 14.0. The largest absolute Gasteiger partial charge is 0.391 e. The average Bonchev–Trinajstić information content (AvgIpc) is 1.62. The molecule has 7 aliphatic rings. The lowest BCUT2D eigenvalue weighted by Gasteiger charge is -2.35. The number of benzene rings is 7. The summed E-state index contributed by atoms with van der Waals surface area (Å²) in [5, 5.41) is 63.3. The zero-order chi connectivity index (χ0) is 106. The van der Waals surface area contributed by atoms with Crippen molar-refractivity contribution in [3.8, 4) is 42.4 Å². The zero-order valence-corrected chi connectivity index (χ0v) is 88.5. The van der Waals surface area contributed by atoms with Crippen molar-refractivity contribution in [2.24, 2.45) is 23.7 Å².